The zero-order chi connectivity index (χ0) is 14.4. The Balaban J connectivity index is 2.12. The van der Waals surface area contributed by atoms with E-state index in [9.17, 15) is 15.0 Å². The van der Waals surface area contributed by atoms with Crippen molar-refractivity contribution in [3.05, 3.63) is 28.8 Å². The smallest absolute Gasteiger partial charge is 0.280 e. The van der Waals surface area contributed by atoms with E-state index in [4.69, 9.17) is 5.73 Å². The van der Waals surface area contributed by atoms with Gasteiger partial charge in [0.1, 0.15) is 0 Å². The maximum Gasteiger partial charge on any atom is 0.280 e. The molecular formula is C12H15N5O3. The van der Waals surface area contributed by atoms with Crippen LogP contribution >= 0.6 is 0 Å². The first-order valence-corrected chi connectivity index (χ1v) is 6.23. The molecular weight excluding hydrogens is 265 g/mol. The van der Waals surface area contributed by atoms with Crippen LogP contribution in [-0.2, 0) is 0 Å². The maximum absolute atomic E-state index is 11.7. The van der Waals surface area contributed by atoms with Crippen molar-refractivity contribution in [2.75, 3.05) is 12.3 Å². The van der Waals surface area contributed by atoms with Crippen LogP contribution in [0, 0.1) is 5.92 Å². The van der Waals surface area contributed by atoms with Crippen molar-refractivity contribution in [3.63, 3.8) is 0 Å². The van der Waals surface area contributed by atoms with Gasteiger partial charge in [0.25, 0.3) is 5.56 Å². The summed E-state index contributed by atoms with van der Waals surface area (Å²) in [5.41, 5.74) is 6.37. The lowest BCUT2D eigenvalue weighted by molar-refractivity contribution is 0.101. The van der Waals surface area contributed by atoms with E-state index in [2.05, 4.69) is 21.5 Å². The molecule has 0 spiro atoms. The fourth-order valence-corrected chi connectivity index (χ4v) is 2.74. The van der Waals surface area contributed by atoms with E-state index >= 15 is 0 Å². The lowest BCUT2D eigenvalue weighted by Gasteiger charge is -2.15. The Morgan fingerprint density at radius 2 is 2.35 bits per heavy atom. The Morgan fingerprint density at radius 1 is 1.60 bits per heavy atom. The Kier molecular flexibility index (Phi) is 2.84. The summed E-state index contributed by atoms with van der Waals surface area (Å²) in [5.74, 6) is -0.371. The number of rotatable bonds is 2. The predicted octanol–water partition coefficient (Wildman–Crippen LogP) is -0.828. The molecule has 0 amide bonds. The highest BCUT2D eigenvalue weighted by Gasteiger charge is 2.37. The van der Waals surface area contributed by atoms with Gasteiger partial charge in [0.05, 0.1) is 25.1 Å². The number of imidazole rings is 1. The van der Waals surface area contributed by atoms with Crippen LogP contribution in [0.2, 0.25) is 0 Å². The fraction of sp³-hybridized carbons (Fsp3) is 0.417. The van der Waals surface area contributed by atoms with Gasteiger partial charge in [-0.2, -0.15) is 4.98 Å². The molecule has 3 rings (SSSR count). The van der Waals surface area contributed by atoms with Crippen LogP contribution in [0.5, 0.6) is 0 Å². The number of aliphatic hydroxyl groups excluding tert-OH is 2. The minimum absolute atomic E-state index is 0.00659. The molecule has 8 heteroatoms. The molecule has 1 aliphatic carbocycles. The molecule has 1 saturated carbocycles. The van der Waals surface area contributed by atoms with Crippen LogP contribution in [0.15, 0.2) is 23.3 Å². The third kappa shape index (κ3) is 1.73. The minimum atomic E-state index is -0.672. The van der Waals surface area contributed by atoms with E-state index in [1.54, 1.807) is 4.57 Å². The lowest BCUT2D eigenvalue weighted by Crippen LogP contribution is -2.17. The van der Waals surface area contributed by atoms with Crippen LogP contribution in [0.4, 0.5) is 5.95 Å². The number of nitrogens with two attached hydrogens (primary N) is 1. The van der Waals surface area contributed by atoms with Crippen LogP contribution in [-0.4, -0.2) is 42.4 Å². The monoisotopic (exact) mass is 280 g/mol. The highest BCUT2D eigenvalue weighted by molar-refractivity contribution is 5.70. The van der Waals surface area contributed by atoms with Crippen molar-refractivity contribution in [2.24, 2.45) is 5.92 Å². The van der Waals surface area contributed by atoms with Crippen molar-refractivity contribution < 1.29 is 10.2 Å². The number of aromatic amines is 1. The van der Waals surface area contributed by atoms with Crippen LogP contribution < -0.4 is 11.3 Å². The summed E-state index contributed by atoms with van der Waals surface area (Å²) in [6.45, 7) is 3.76. The second kappa shape index (κ2) is 4.43. The van der Waals surface area contributed by atoms with E-state index in [-0.39, 0.29) is 30.0 Å². The van der Waals surface area contributed by atoms with Crippen LogP contribution in [0.25, 0.3) is 11.2 Å². The zero-order valence-electron chi connectivity index (χ0n) is 10.7. The highest BCUT2D eigenvalue weighted by atomic mass is 16.3. The first-order valence-electron chi connectivity index (χ1n) is 6.23. The third-order valence-corrected chi connectivity index (χ3v) is 3.82. The number of aliphatic hydroxyl groups is 2. The van der Waals surface area contributed by atoms with Crippen molar-refractivity contribution in [2.45, 2.75) is 18.6 Å². The Morgan fingerprint density at radius 3 is 3.00 bits per heavy atom. The van der Waals surface area contributed by atoms with E-state index in [0.717, 1.165) is 0 Å². The molecule has 0 aliphatic heterocycles. The molecule has 20 heavy (non-hydrogen) atoms. The molecule has 8 nitrogen and oxygen atoms in total. The van der Waals surface area contributed by atoms with E-state index < -0.39 is 11.7 Å². The van der Waals surface area contributed by atoms with E-state index in [1.165, 1.54) is 6.33 Å². The summed E-state index contributed by atoms with van der Waals surface area (Å²) in [6.07, 6.45) is 1.20. The molecule has 2 heterocycles. The normalized spacial score (nSPS) is 26.5. The molecule has 106 valence electrons. The summed E-state index contributed by atoms with van der Waals surface area (Å²) in [6, 6.07) is -0.263. The number of hydrogen-bond donors (Lipinski definition) is 4. The van der Waals surface area contributed by atoms with Gasteiger partial charge in [-0.1, -0.05) is 6.58 Å². The second-order valence-electron chi connectivity index (χ2n) is 4.96. The molecule has 0 unspecified atom stereocenters. The van der Waals surface area contributed by atoms with Gasteiger partial charge in [-0.3, -0.25) is 9.78 Å². The summed E-state index contributed by atoms with van der Waals surface area (Å²) in [5, 5.41) is 19.2. The van der Waals surface area contributed by atoms with E-state index in [1.807, 2.05) is 0 Å². The molecule has 1 aliphatic rings. The van der Waals surface area contributed by atoms with Gasteiger partial charge >= 0.3 is 0 Å². The molecule has 2 aromatic heterocycles. The first kappa shape index (κ1) is 12.8. The number of anilines is 1. The summed E-state index contributed by atoms with van der Waals surface area (Å²) >= 11 is 0. The number of H-pyrrole nitrogens is 1. The van der Waals surface area contributed by atoms with Crippen LogP contribution in [0.1, 0.15) is 12.5 Å². The molecule has 0 aromatic carbocycles. The average Bonchev–Trinajstić information content (AvgIpc) is 2.91. The number of hydrogen-bond acceptors (Lipinski definition) is 6. The molecule has 3 atom stereocenters. The fourth-order valence-electron chi connectivity index (χ4n) is 2.74. The quantitative estimate of drug-likeness (QED) is 0.531. The van der Waals surface area contributed by atoms with Gasteiger partial charge in [0.15, 0.2) is 11.2 Å². The summed E-state index contributed by atoms with van der Waals surface area (Å²) < 4.78 is 1.67. The van der Waals surface area contributed by atoms with Crippen molar-refractivity contribution in [1.29, 1.82) is 0 Å². The summed E-state index contributed by atoms with van der Waals surface area (Å²) in [4.78, 5) is 22.2. The van der Waals surface area contributed by atoms with Crippen molar-refractivity contribution in [1.82, 2.24) is 19.5 Å². The van der Waals surface area contributed by atoms with Gasteiger partial charge in [-0.05, 0) is 12.0 Å². The topological polar surface area (TPSA) is 130 Å². The van der Waals surface area contributed by atoms with Crippen LogP contribution in [0.3, 0.4) is 0 Å². The third-order valence-electron chi connectivity index (χ3n) is 3.82. The Labute approximate surface area is 113 Å². The maximum atomic E-state index is 11.7. The Hall–Kier alpha value is -2.19. The van der Waals surface area contributed by atoms with Gasteiger partial charge < -0.3 is 20.5 Å². The second-order valence-corrected chi connectivity index (χ2v) is 4.96. The largest absolute Gasteiger partial charge is 0.396 e. The highest BCUT2D eigenvalue weighted by Crippen LogP contribution is 2.39. The zero-order valence-corrected chi connectivity index (χ0v) is 10.7. The molecule has 0 radical (unpaired) electrons. The average molecular weight is 280 g/mol. The molecule has 0 saturated heterocycles. The van der Waals surface area contributed by atoms with Gasteiger partial charge in [-0.25, -0.2) is 4.98 Å². The van der Waals surface area contributed by atoms with Gasteiger partial charge in [0.2, 0.25) is 5.95 Å². The number of nitrogens with zero attached hydrogens (tertiary/aromatic N) is 3. The predicted molar refractivity (Wildman–Crippen MR) is 71.9 cm³/mol. The molecule has 0 bridgehead atoms. The summed E-state index contributed by atoms with van der Waals surface area (Å²) in [7, 11) is 0. The number of aromatic nitrogens is 4. The van der Waals surface area contributed by atoms with Gasteiger partial charge in [-0.15, -0.1) is 0 Å². The number of nitrogen functional groups attached to an aromatic ring is 1. The molecule has 1 fully saturated rings. The lowest BCUT2D eigenvalue weighted by atomic mass is 10.0. The molecule has 5 N–H and O–H groups in total. The standard InChI is InChI=1S/C12H15N5O3/c1-5-6(3-18)8(19)2-7(5)17-4-14-9-10(17)15-12(13)16-11(9)20/h4,6-8,18-19H,1-3H2,(H3,13,15,16,20)/t6-,7-,8-/m0/s1/i10+1,11+1,14+1. The Bertz CT molecular complexity index is 734. The number of nitrogens with one attached hydrogen (secondary N) is 1. The van der Waals surface area contributed by atoms with Crippen molar-refractivity contribution >= 4 is 17.1 Å². The van der Waals surface area contributed by atoms with Crippen molar-refractivity contribution in [3.8, 4) is 0 Å². The molecule has 2 aromatic rings. The SMILES string of the molecule is C=C1[C@H](CO)[C@@H](O)C[C@@H]1n1c[15n]c2[13c](=O)[nH]c(N)n[13c]21. The first-order chi connectivity index (χ1) is 9.52. The minimum Gasteiger partial charge on any atom is -0.396 e. The van der Waals surface area contributed by atoms with Gasteiger partial charge in [0, 0.05) is 5.92 Å². The van der Waals surface area contributed by atoms with E-state index in [0.29, 0.717) is 17.6 Å². The number of fused-ring (bicyclic) bond motifs is 1.